The van der Waals surface area contributed by atoms with Gasteiger partial charge in [-0.3, -0.25) is 9.59 Å². The summed E-state index contributed by atoms with van der Waals surface area (Å²) < 4.78 is 10.4. The quantitative estimate of drug-likeness (QED) is 0.756. The van der Waals surface area contributed by atoms with Crippen LogP contribution in [0.5, 0.6) is 11.5 Å². The molecular formula is C19H22N2O4. The number of carbonyl (C=O) groups excluding carboxylic acids is 2. The maximum atomic E-state index is 12.4. The molecule has 2 aromatic carbocycles. The third-order valence-corrected chi connectivity index (χ3v) is 3.63. The van der Waals surface area contributed by atoms with Crippen molar-refractivity contribution in [2.75, 3.05) is 27.3 Å². The van der Waals surface area contributed by atoms with E-state index < -0.39 is 0 Å². The van der Waals surface area contributed by atoms with E-state index in [4.69, 9.17) is 9.47 Å². The Kier molecular flexibility index (Phi) is 6.39. The fourth-order valence-electron chi connectivity index (χ4n) is 2.40. The van der Waals surface area contributed by atoms with Crippen LogP contribution in [-0.2, 0) is 0 Å². The van der Waals surface area contributed by atoms with E-state index in [0.717, 1.165) is 5.56 Å². The molecule has 0 heterocycles. The maximum Gasteiger partial charge on any atom is 0.258 e. The van der Waals surface area contributed by atoms with Crippen LogP contribution < -0.4 is 20.1 Å². The van der Waals surface area contributed by atoms with Gasteiger partial charge in [0.05, 0.1) is 14.2 Å². The molecule has 0 aliphatic carbocycles. The summed E-state index contributed by atoms with van der Waals surface area (Å²) >= 11 is 0. The summed E-state index contributed by atoms with van der Waals surface area (Å²) in [6.45, 7) is 2.53. The van der Waals surface area contributed by atoms with E-state index >= 15 is 0 Å². The van der Waals surface area contributed by atoms with Crippen molar-refractivity contribution in [1.29, 1.82) is 0 Å². The van der Waals surface area contributed by atoms with Crippen molar-refractivity contribution in [2.24, 2.45) is 0 Å². The largest absolute Gasteiger partial charge is 0.496 e. The topological polar surface area (TPSA) is 76.7 Å². The van der Waals surface area contributed by atoms with Crippen LogP contribution in [0.4, 0.5) is 0 Å². The van der Waals surface area contributed by atoms with E-state index in [9.17, 15) is 9.59 Å². The molecule has 0 spiro atoms. The average molecular weight is 342 g/mol. The van der Waals surface area contributed by atoms with Gasteiger partial charge in [-0.15, -0.1) is 0 Å². The number of carbonyl (C=O) groups is 2. The predicted octanol–water partition coefficient (Wildman–Crippen LogP) is 2.17. The summed E-state index contributed by atoms with van der Waals surface area (Å²) in [6, 6.07) is 12.5. The first-order valence-corrected chi connectivity index (χ1v) is 7.91. The lowest BCUT2D eigenvalue weighted by Crippen LogP contribution is -2.35. The second-order valence-electron chi connectivity index (χ2n) is 5.42. The normalized spacial score (nSPS) is 10.0. The van der Waals surface area contributed by atoms with Crippen LogP contribution in [0.2, 0.25) is 0 Å². The summed E-state index contributed by atoms with van der Waals surface area (Å²) in [5, 5.41) is 5.53. The molecule has 0 fully saturated rings. The number of aryl methyl sites for hydroxylation is 1. The summed E-state index contributed by atoms with van der Waals surface area (Å²) in [6.07, 6.45) is 0. The number of amides is 2. The number of nitrogens with one attached hydrogen (secondary N) is 2. The Bertz CT molecular complexity index is 737. The second-order valence-corrected chi connectivity index (χ2v) is 5.42. The maximum absolute atomic E-state index is 12.4. The van der Waals surface area contributed by atoms with Crippen molar-refractivity contribution in [3.05, 3.63) is 59.2 Å². The van der Waals surface area contributed by atoms with Crippen molar-refractivity contribution in [3.63, 3.8) is 0 Å². The molecule has 0 saturated heterocycles. The fraction of sp³-hybridized carbons (Fsp3) is 0.263. The van der Waals surface area contributed by atoms with Crippen LogP contribution in [-0.4, -0.2) is 39.1 Å². The third kappa shape index (κ3) is 4.73. The van der Waals surface area contributed by atoms with Gasteiger partial charge in [0.15, 0.2) is 0 Å². The molecule has 2 N–H and O–H groups in total. The van der Waals surface area contributed by atoms with Gasteiger partial charge in [-0.05, 0) is 31.2 Å². The number of hydrogen-bond acceptors (Lipinski definition) is 4. The average Bonchev–Trinajstić information content (AvgIpc) is 2.64. The van der Waals surface area contributed by atoms with Crippen molar-refractivity contribution < 1.29 is 19.1 Å². The molecule has 2 amide bonds. The van der Waals surface area contributed by atoms with Crippen molar-refractivity contribution in [2.45, 2.75) is 6.92 Å². The molecule has 0 unspecified atom stereocenters. The lowest BCUT2D eigenvalue weighted by atomic mass is 10.1. The summed E-state index contributed by atoms with van der Waals surface area (Å²) in [4.78, 5) is 24.4. The van der Waals surface area contributed by atoms with Crippen LogP contribution >= 0.6 is 0 Å². The van der Waals surface area contributed by atoms with Gasteiger partial charge in [0, 0.05) is 18.7 Å². The van der Waals surface area contributed by atoms with Crippen molar-refractivity contribution in [1.82, 2.24) is 10.6 Å². The van der Waals surface area contributed by atoms with Crippen LogP contribution in [0.15, 0.2) is 42.5 Å². The predicted molar refractivity (Wildman–Crippen MR) is 95.4 cm³/mol. The van der Waals surface area contributed by atoms with Gasteiger partial charge in [0.2, 0.25) is 0 Å². The number of benzene rings is 2. The van der Waals surface area contributed by atoms with E-state index in [-0.39, 0.29) is 18.4 Å². The van der Waals surface area contributed by atoms with Gasteiger partial charge in [-0.25, -0.2) is 0 Å². The van der Waals surface area contributed by atoms with E-state index in [2.05, 4.69) is 10.6 Å². The summed E-state index contributed by atoms with van der Waals surface area (Å²) in [5.74, 6) is 0.369. The van der Waals surface area contributed by atoms with E-state index in [1.807, 2.05) is 25.1 Å². The monoisotopic (exact) mass is 342 g/mol. The first-order valence-electron chi connectivity index (χ1n) is 7.91. The Morgan fingerprint density at radius 2 is 1.44 bits per heavy atom. The Balaban J connectivity index is 1.90. The number of ether oxygens (including phenoxy) is 2. The zero-order valence-corrected chi connectivity index (χ0v) is 14.6. The smallest absolute Gasteiger partial charge is 0.258 e. The molecule has 0 bridgehead atoms. The van der Waals surface area contributed by atoms with E-state index in [0.29, 0.717) is 29.2 Å². The lowest BCUT2D eigenvalue weighted by molar-refractivity contribution is 0.0924. The molecule has 0 atom stereocenters. The molecule has 0 aliphatic heterocycles. The minimum atomic E-state index is -0.320. The van der Waals surface area contributed by atoms with Gasteiger partial charge in [-0.1, -0.05) is 23.8 Å². The molecular weight excluding hydrogens is 320 g/mol. The number of hydrogen-bond donors (Lipinski definition) is 2. The molecule has 0 aromatic heterocycles. The molecule has 0 radical (unpaired) electrons. The Morgan fingerprint density at radius 1 is 0.880 bits per heavy atom. The van der Waals surface area contributed by atoms with Crippen molar-refractivity contribution in [3.8, 4) is 11.5 Å². The molecule has 6 nitrogen and oxygen atoms in total. The van der Waals surface area contributed by atoms with Crippen LogP contribution in [0.1, 0.15) is 26.3 Å². The van der Waals surface area contributed by atoms with Crippen LogP contribution in [0, 0.1) is 6.92 Å². The highest BCUT2D eigenvalue weighted by atomic mass is 16.5. The Hall–Kier alpha value is -3.02. The first-order chi connectivity index (χ1) is 12.1. The van der Waals surface area contributed by atoms with E-state index in [1.54, 1.807) is 24.3 Å². The molecule has 2 rings (SSSR count). The highest BCUT2D eigenvalue weighted by Crippen LogP contribution is 2.27. The summed E-state index contributed by atoms with van der Waals surface area (Å²) in [5.41, 5.74) is 1.94. The Labute approximate surface area is 147 Å². The van der Waals surface area contributed by atoms with Gasteiger partial charge in [0.25, 0.3) is 11.8 Å². The zero-order valence-electron chi connectivity index (χ0n) is 14.6. The van der Waals surface area contributed by atoms with Gasteiger partial charge >= 0.3 is 0 Å². The minimum Gasteiger partial charge on any atom is -0.496 e. The molecule has 6 heteroatoms. The van der Waals surface area contributed by atoms with Crippen molar-refractivity contribution >= 4 is 11.8 Å². The molecule has 0 saturated carbocycles. The fourth-order valence-corrected chi connectivity index (χ4v) is 2.40. The highest BCUT2D eigenvalue weighted by Gasteiger charge is 2.17. The molecule has 0 aliphatic rings. The Morgan fingerprint density at radius 3 is 2.00 bits per heavy atom. The first kappa shape index (κ1) is 18.3. The number of rotatable bonds is 7. The molecule has 25 heavy (non-hydrogen) atoms. The molecule has 132 valence electrons. The summed E-state index contributed by atoms with van der Waals surface area (Å²) in [7, 11) is 2.99. The zero-order chi connectivity index (χ0) is 18.2. The SMILES string of the molecule is COc1cccc(OC)c1C(=O)NCCNC(=O)c1cccc(C)c1. The lowest BCUT2D eigenvalue weighted by Gasteiger charge is -2.13. The standard InChI is InChI=1S/C19H22N2O4/c1-13-6-4-7-14(12-13)18(22)20-10-11-21-19(23)17-15(24-2)8-5-9-16(17)25-3/h4-9,12H,10-11H2,1-3H3,(H,20,22)(H,21,23). The van der Waals surface area contributed by atoms with Crippen LogP contribution in [0.3, 0.4) is 0 Å². The van der Waals surface area contributed by atoms with Gasteiger partial charge in [0.1, 0.15) is 17.1 Å². The number of methoxy groups -OCH3 is 2. The second kappa shape index (κ2) is 8.73. The third-order valence-electron chi connectivity index (χ3n) is 3.63. The van der Waals surface area contributed by atoms with Crippen LogP contribution in [0.25, 0.3) is 0 Å². The van der Waals surface area contributed by atoms with Gasteiger partial charge < -0.3 is 20.1 Å². The molecule has 2 aromatic rings. The highest BCUT2D eigenvalue weighted by molar-refractivity contribution is 5.99. The minimum absolute atomic E-state index is 0.173. The van der Waals surface area contributed by atoms with E-state index in [1.165, 1.54) is 14.2 Å². The van der Waals surface area contributed by atoms with Gasteiger partial charge in [-0.2, -0.15) is 0 Å².